The molecule has 4 heteroatoms. The van der Waals surface area contributed by atoms with Crippen molar-refractivity contribution >= 4 is 5.82 Å². The number of ether oxygens (including phenoxy) is 1. The molecule has 4 nitrogen and oxygen atoms in total. The standard InChI is InChI=1S/C14H23N3O/c1-5-15-12-9-11(10-7-8-10)16-13(17-12)14(3,4)18-6-2/h9-10H,5-8H2,1-4H3,(H,15,16,17). The predicted octanol–water partition coefficient (Wildman–Crippen LogP) is 3.06. The summed E-state index contributed by atoms with van der Waals surface area (Å²) in [5, 5.41) is 3.28. The Balaban J connectivity index is 2.32. The van der Waals surface area contributed by atoms with E-state index in [-0.39, 0.29) is 0 Å². The highest BCUT2D eigenvalue weighted by Gasteiger charge is 2.30. The third kappa shape index (κ3) is 2.99. The van der Waals surface area contributed by atoms with Crippen LogP contribution in [0.15, 0.2) is 6.07 Å². The molecule has 1 saturated carbocycles. The Hall–Kier alpha value is -1.16. The van der Waals surface area contributed by atoms with E-state index in [4.69, 9.17) is 9.72 Å². The average molecular weight is 249 g/mol. The van der Waals surface area contributed by atoms with Crippen LogP contribution in [0.5, 0.6) is 0 Å². The van der Waals surface area contributed by atoms with Gasteiger partial charge in [-0.2, -0.15) is 0 Å². The maximum atomic E-state index is 5.75. The second-order valence-corrected chi connectivity index (χ2v) is 5.25. The first-order chi connectivity index (χ1) is 8.56. The lowest BCUT2D eigenvalue weighted by Gasteiger charge is -2.24. The van der Waals surface area contributed by atoms with Crippen LogP contribution in [0.3, 0.4) is 0 Å². The van der Waals surface area contributed by atoms with Gasteiger partial charge >= 0.3 is 0 Å². The van der Waals surface area contributed by atoms with Crippen molar-refractivity contribution < 1.29 is 4.74 Å². The van der Waals surface area contributed by atoms with Crippen molar-refractivity contribution in [2.24, 2.45) is 0 Å². The summed E-state index contributed by atoms with van der Waals surface area (Å²) in [4.78, 5) is 9.27. The first-order valence-electron chi connectivity index (χ1n) is 6.84. The third-order valence-electron chi connectivity index (χ3n) is 3.14. The fourth-order valence-corrected chi connectivity index (χ4v) is 2.02. The zero-order valence-electron chi connectivity index (χ0n) is 11.8. The zero-order valence-corrected chi connectivity index (χ0v) is 11.8. The van der Waals surface area contributed by atoms with E-state index in [0.29, 0.717) is 12.5 Å². The fraction of sp³-hybridized carbons (Fsp3) is 0.714. The van der Waals surface area contributed by atoms with Crippen LogP contribution >= 0.6 is 0 Å². The van der Waals surface area contributed by atoms with E-state index < -0.39 is 5.60 Å². The van der Waals surface area contributed by atoms with Crippen LogP contribution in [-0.4, -0.2) is 23.1 Å². The van der Waals surface area contributed by atoms with E-state index in [0.717, 1.165) is 23.9 Å². The van der Waals surface area contributed by atoms with E-state index in [2.05, 4.69) is 23.3 Å². The summed E-state index contributed by atoms with van der Waals surface area (Å²) in [6.45, 7) is 9.66. The smallest absolute Gasteiger partial charge is 0.162 e. The topological polar surface area (TPSA) is 47.0 Å². The van der Waals surface area contributed by atoms with Crippen LogP contribution in [0.4, 0.5) is 5.82 Å². The first kappa shape index (κ1) is 13.3. The van der Waals surface area contributed by atoms with Gasteiger partial charge in [0.1, 0.15) is 11.4 Å². The Labute approximate surface area is 109 Å². The van der Waals surface area contributed by atoms with Gasteiger partial charge < -0.3 is 10.1 Å². The van der Waals surface area contributed by atoms with Crippen molar-refractivity contribution in [2.45, 2.75) is 52.1 Å². The molecule has 0 atom stereocenters. The van der Waals surface area contributed by atoms with Crippen LogP contribution in [0.1, 0.15) is 58.0 Å². The van der Waals surface area contributed by atoms with Gasteiger partial charge in [0.25, 0.3) is 0 Å². The van der Waals surface area contributed by atoms with E-state index >= 15 is 0 Å². The molecule has 18 heavy (non-hydrogen) atoms. The van der Waals surface area contributed by atoms with Crippen molar-refractivity contribution in [2.75, 3.05) is 18.5 Å². The molecule has 1 aliphatic carbocycles. The molecule has 1 fully saturated rings. The molecule has 0 bridgehead atoms. The first-order valence-corrected chi connectivity index (χ1v) is 6.84. The lowest BCUT2D eigenvalue weighted by atomic mass is 10.1. The molecule has 1 aromatic rings. The Morgan fingerprint density at radius 1 is 1.33 bits per heavy atom. The number of hydrogen-bond donors (Lipinski definition) is 1. The number of hydrogen-bond acceptors (Lipinski definition) is 4. The molecule has 1 N–H and O–H groups in total. The predicted molar refractivity (Wildman–Crippen MR) is 72.8 cm³/mol. The minimum absolute atomic E-state index is 0.427. The highest BCUT2D eigenvalue weighted by molar-refractivity contribution is 5.38. The quantitative estimate of drug-likeness (QED) is 0.841. The number of aromatic nitrogens is 2. The lowest BCUT2D eigenvalue weighted by molar-refractivity contribution is -0.0208. The maximum Gasteiger partial charge on any atom is 0.162 e. The molecule has 1 heterocycles. The second-order valence-electron chi connectivity index (χ2n) is 5.25. The summed E-state index contributed by atoms with van der Waals surface area (Å²) in [5.41, 5.74) is 0.729. The Bertz CT molecular complexity index is 414. The van der Waals surface area contributed by atoms with E-state index in [1.54, 1.807) is 0 Å². The van der Waals surface area contributed by atoms with Crippen LogP contribution in [0, 0.1) is 0 Å². The number of nitrogens with zero attached hydrogens (tertiary/aromatic N) is 2. The van der Waals surface area contributed by atoms with Crippen LogP contribution < -0.4 is 5.32 Å². The maximum absolute atomic E-state index is 5.75. The fourth-order valence-electron chi connectivity index (χ4n) is 2.02. The van der Waals surface area contributed by atoms with Gasteiger partial charge in [-0.05, 0) is 40.5 Å². The Morgan fingerprint density at radius 3 is 2.61 bits per heavy atom. The molecule has 0 aromatic carbocycles. The van der Waals surface area contributed by atoms with Crippen molar-refractivity contribution in [3.8, 4) is 0 Å². The van der Waals surface area contributed by atoms with Gasteiger partial charge in [-0.3, -0.25) is 0 Å². The van der Waals surface area contributed by atoms with Gasteiger partial charge in [0.2, 0.25) is 0 Å². The molecule has 0 saturated heterocycles. The van der Waals surface area contributed by atoms with E-state index in [1.165, 1.54) is 12.8 Å². The monoisotopic (exact) mass is 249 g/mol. The Kier molecular flexibility index (Phi) is 3.85. The van der Waals surface area contributed by atoms with Crippen molar-refractivity contribution in [1.29, 1.82) is 0 Å². The van der Waals surface area contributed by atoms with Crippen LogP contribution in [0.2, 0.25) is 0 Å². The molecule has 1 aromatic heterocycles. The Morgan fingerprint density at radius 2 is 2.06 bits per heavy atom. The molecule has 0 unspecified atom stereocenters. The van der Waals surface area contributed by atoms with Crippen molar-refractivity contribution in [3.63, 3.8) is 0 Å². The molecular weight excluding hydrogens is 226 g/mol. The number of rotatable bonds is 6. The summed E-state index contributed by atoms with van der Waals surface area (Å²) in [6.07, 6.45) is 2.49. The molecule has 0 spiro atoms. The van der Waals surface area contributed by atoms with Gasteiger partial charge in [-0.1, -0.05) is 0 Å². The molecule has 0 aliphatic heterocycles. The van der Waals surface area contributed by atoms with Crippen LogP contribution in [0.25, 0.3) is 0 Å². The molecule has 100 valence electrons. The molecular formula is C14H23N3O. The normalized spacial score (nSPS) is 15.8. The third-order valence-corrected chi connectivity index (χ3v) is 3.14. The van der Waals surface area contributed by atoms with E-state index in [1.807, 2.05) is 20.8 Å². The van der Waals surface area contributed by atoms with Gasteiger partial charge in [-0.15, -0.1) is 0 Å². The van der Waals surface area contributed by atoms with Gasteiger partial charge in [-0.25, -0.2) is 9.97 Å². The summed E-state index contributed by atoms with van der Waals surface area (Å²) < 4.78 is 5.75. The minimum atomic E-state index is -0.427. The summed E-state index contributed by atoms with van der Waals surface area (Å²) in [7, 11) is 0. The molecule has 0 radical (unpaired) electrons. The zero-order chi connectivity index (χ0) is 13.2. The van der Waals surface area contributed by atoms with Crippen molar-refractivity contribution in [1.82, 2.24) is 9.97 Å². The largest absolute Gasteiger partial charge is 0.370 e. The van der Waals surface area contributed by atoms with Gasteiger partial charge in [0.05, 0.1) is 0 Å². The summed E-state index contributed by atoms with van der Waals surface area (Å²) in [5.74, 6) is 2.32. The number of anilines is 1. The number of nitrogens with one attached hydrogen (secondary N) is 1. The highest BCUT2D eigenvalue weighted by atomic mass is 16.5. The summed E-state index contributed by atoms with van der Waals surface area (Å²) in [6, 6.07) is 2.08. The molecule has 0 amide bonds. The second kappa shape index (κ2) is 5.22. The SMILES string of the molecule is CCNc1cc(C2CC2)nc(C(C)(C)OCC)n1. The lowest BCUT2D eigenvalue weighted by Crippen LogP contribution is -2.25. The summed E-state index contributed by atoms with van der Waals surface area (Å²) >= 11 is 0. The molecule has 2 rings (SSSR count). The molecule has 1 aliphatic rings. The van der Waals surface area contributed by atoms with Gasteiger partial charge in [0, 0.05) is 30.8 Å². The highest BCUT2D eigenvalue weighted by Crippen LogP contribution is 2.40. The average Bonchev–Trinajstić information content (AvgIpc) is 3.12. The van der Waals surface area contributed by atoms with Crippen LogP contribution in [-0.2, 0) is 10.3 Å². The van der Waals surface area contributed by atoms with E-state index in [9.17, 15) is 0 Å². The minimum Gasteiger partial charge on any atom is -0.370 e. The van der Waals surface area contributed by atoms with Gasteiger partial charge in [0.15, 0.2) is 5.82 Å². The van der Waals surface area contributed by atoms with Crippen molar-refractivity contribution in [3.05, 3.63) is 17.6 Å².